The van der Waals surface area contributed by atoms with Gasteiger partial charge in [-0.3, -0.25) is 4.79 Å². The molecule has 1 heterocycles. The number of hydrogen-bond donors (Lipinski definition) is 2. The summed E-state index contributed by atoms with van der Waals surface area (Å²) in [4.78, 5) is 19.6. The van der Waals surface area contributed by atoms with Crippen molar-refractivity contribution in [2.45, 2.75) is 0 Å². The molecule has 128 valence electrons. The lowest BCUT2D eigenvalue weighted by atomic mass is 10.1. The Labute approximate surface area is 145 Å². The zero-order valence-corrected chi connectivity index (χ0v) is 13.9. The molecule has 3 aromatic rings. The Bertz CT molecular complexity index is 797. The van der Waals surface area contributed by atoms with Crippen LogP contribution in [0.2, 0.25) is 0 Å². The first-order chi connectivity index (χ1) is 12.3. The first-order valence-electron chi connectivity index (χ1n) is 7.89. The number of benzene rings is 2. The number of carbonyl (C=O) groups excluding carboxylic acids is 1. The van der Waals surface area contributed by atoms with Crippen molar-refractivity contribution >= 4 is 11.6 Å². The summed E-state index contributed by atoms with van der Waals surface area (Å²) in [5.41, 5.74) is 2.25. The van der Waals surface area contributed by atoms with Crippen molar-refractivity contribution in [2.24, 2.45) is 0 Å². The number of imidazole rings is 1. The third kappa shape index (κ3) is 4.45. The molecule has 6 nitrogen and oxygen atoms in total. The number of rotatable bonds is 7. The van der Waals surface area contributed by atoms with Gasteiger partial charge in [-0.05, 0) is 48.5 Å². The lowest BCUT2D eigenvalue weighted by Gasteiger charge is -2.08. The highest BCUT2D eigenvalue weighted by atomic mass is 16.5. The smallest absolute Gasteiger partial charge is 0.255 e. The van der Waals surface area contributed by atoms with Crippen molar-refractivity contribution in [1.29, 1.82) is 0 Å². The van der Waals surface area contributed by atoms with Crippen LogP contribution < -0.4 is 10.1 Å². The molecule has 1 amide bonds. The van der Waals surface area contributed by atoms with E-state index in [0.717, 1.165) is 17.1 Å². The molecule has 0 unspecified atom stereocenters. The van der Waals surface area contributed by atoms with Crippen molar-refractivity contribution in [3.05, 3.63) is 66.5 Å². The van der Waals surface area contributed by atoms with E-state index >= 15 is 0 Å². The third-order valence-electron chi connectivity index (χ3n) is 3.59. The second kappa shape index (κ2) is 8.12. The van der Waals surface area contributed by atoms with Gasteiger partial charge in [0, 0.05) is 36.3 Å². The molecule has 6 heteroatoms. The van der Waals surface area contributed by atoms with E-state index in [-0.39, 0.29) is 5.91 Å². The summed E-state index contributed by atoms with van der Waals surface area (Å²) in [7, 11) is 1.62. The Kier molecular flexibility index (Phi) is 5.43. The first kappa shape index (κ1) is 16.7. The maximum absolute atomic E-state index is 12.3. The van der Waals surface area contributed by atoms with Gasteiger partial charge in [0.05, 0.1) is 6.61 Å². The number of nitrogens with one attached hydrogen (secondary N) is 2. The van der Waals surface area contributed by atoms with Crippen LogP contribution >= 0.6 is 0 Å². The van der Waals surface area contributed by atoms with E-state index in [4.69, 9.17) is 9.47 Å². The number of hydrogen-bond acceptors (Lipinski definition) is 4. The van der Waals surface area contributed by atoms with Crippen molar-refractivity contribution < 1.29 is 14.3 Å². The Hall–Kier alpha value is -3.12. The maximum atomic E-state index is 12.3. The van der Waals surface area contributed by atoms with Crippen LogP contribution in [0.15, 0.2) is 60.9 Å². The van der Waals surface area contributed by atoms with Gasteiger partial charge >= 0.3 is 0 Å². The highest BCUT2D eigenvalue weighted by molar-refractivity contribution is 6.04. The van der Waals surface area contributed by atoms with Gasteiger partial charge in [0.15, 0.2) is 0 Å². The number of aromatic nitrogens is 2. The van der Waals surface area contributed by atoms with Crippen molar-refractivity contribution in [1.82, 2.24) is 9.97 Å². The molecule has 0 aliphatic carbocycles. The lowest BCUT2D eigenvalue weighted by molar-refractivity contribution is 0.102. The van der Waals surface area contributed by atoms with E-state index in [1.807, 2.05) is 24.3 Å². The summed E-state index contributed by atoms with van der Waals surface area (Å²) in [5, 5.41) is 2.87. The number of methoxy groups -OCH3 is 1. The zero-order valence-electron chi connectivity index (χ0n) is 13.9. The molecule has 0 bridgehead atoms. The average molecular weight is 337 g/mol. The number of H-pyrrole nitrogens is 1. The van der Waals surface area contributed by atoms with Crippen LogP contribution in [0.25, 0.3) is 11.4 Å². The van der Waals surface area contributed by atoms with Crippen LogP contribution in [0.5, 0.6) is 5.75 Å². The number of nitrogens with zero attached hydrogens (tertiary/aromatic N) is 1. The highest BCUT2D eigenvalue weighted by Gasteiger charge is 2.07. The van der Waals surface area contributed by atoms with Gasteiger partial charge in [-0.2, -0.15) is 0 Å². The van der Waals surface area contributed by atoms with Gasteiger partial charge < -0.3 is 19.8 Å². The molecule has 0 atom stereocenters. The van der Waals surface area contributed by atoms with Crippen LogP contribution in [0, 0.1) is 0 Å². The fraction of sp³-hybridized carbons (Fsp3) is 0.158. The van der Waals surface area contributed by atoms with E-state index in [0.29, 0.717) is 24.5 Å². The normalized spacial score (nSPS) is 10.4. The maximum Gasteiger partial charge on any atom is 0.255 e. The van der Waals surface area contributed by atoms with Gasteiger partial charge in [-0.1, -0.05) is 0 Å². The fourth-order valence-electron chi connectivity index (χ4n) is 2.28. The minimum atomic E-state index is -0.172. The lowest BCUT2D eigenvalue weighted by Crippen LogP contribution is -2.11. The van der Waals surface area contributed by atoms with Crippen LogP contribution in [-0.4, -0.2) is 36.2 Å². The molecular weight excluding hydrogens is 318 g/mol. The molecule has 0 fully saturated rings. The summed E-state index contributed by atoms with van der Waals surface area (Å²) in [5.74, 6) is 1.33. The van der Waals surface area contributed by atoms with Crippen LogP contribution in [0.3, 0.4) is 0 Å². The van der Waals surface area contributed by atoms with Crippen LogP contribution in [0.4, 0.5) is 5.69 Å². The van der Waals surface area contributed by atoms with Crippen molar-refractivity contribution in [3.63, 3.8) is 0 Å². The first-order valence-corrected chi connectivity index (χ1v) is 7.89. The van der Waals surface area contributed by atoms with E-state index in [9.17, 15) is 4.79 Å². The van der Waals surface area contributed by atoms with Gasteiger partial charge in [0.1, 0.15) is 18.2 Å². The van der Waals surface area contributed by atoms with E-state index in [1.54, 1.807) is 43.8 Å². The molecule has 25 heavy (non-hydrogen) atoms. The second-order valence-electron chi connectivity index (χ2n) is 5.33. The predicted molar refractivity (Wildman–Crippen MR) is 95.8 cm³/mol. The van der Waals surface area contributed by atoms with Crippen LogP contribution in [-0.2, 0) is 4.74 Å². The third-order valence-corrected chi connectivity index (χ3v) is 3.59. The Morgan fingerprint density at radius 1 is 1.08 bits per heavy atom. The SMILES string of the molecule is COCCOc1ccc(C(=O)Nc2ccc(-c3ncc[nH]3)cc2)cc1. The fourth-order valence-corrected chi connectivity index (χ4v) is 2.28. The van der Waals surface area contributed by atoms with E-state index in [1.165, 1.54) is 0 Å². The number of carbonyl (C=O) groups is 1. The second-order valence-corrected chi connectivity index (χ2v) is 5.33. The Morgan fingerprint density at radius 3 is 2.48 bits per heavy atom. The Balaban J connectivity index is 1.60. The topological polar surface area (TPSA) is 76.2 Å². The van der Waals surface area contributed by atoms with Crippen LogP contribution in [0.1, 0.15) is 10.4 Å². The minimum Gasteiger partial charge on any atom is -0.491 e. The zero-order chi connectivity index (χ0) is 17.5. The minimum absolute atomic E-state index is 0.172. The molecule has 2 aromatic carbocycles. The number of aromatic amines is 1. The molecule has 0 aliphatic heterocycles. The standard InChI is InChI=1S/C19H19N3O3/c1-24-12-13-25-17-8-4-15(5-9-17)19(23)22-16-6-2-14(3-7-16)18-20-10-11-21-18/h2-11H,12-13H2,1H3,(H,20,21)(H,22,23). The molecule has 0 spiro atoms. The van der Waals surface area contributed by atoms with Crippen molar-refractivity contribution in [3.8, 4) is 17.1 Å². The molecular formula is C19H19N3O3. The van der Waals surface area contributed by atoms with Gasteiger partial charge in [0.2, 0.25) is 0 Å². The summed E-state index contributed by atoms with van der Waals surface area (Å²) in [6.07, 6.45) is 3.47. The Morgan fingerprint density at radius 2 is 1.84 bits per heavy atom. The summed E-state index contributed by atoms with van der Waals surface area (Å²) >= 11 is 0. The van der Waals surface area contributed by atoms with Gasteiger partial charge in [-0.25, -0.2) is 4.98 Å². The highest BCUT2D eigenvalue weighted by Crippen LogP contribution is 2.19. The number of ether oxygens (including phenoxy) is 2. The molecule has 0 aliphatic rings. The van der Waals surface area contributed by atoms with E-state index < -0.39 is 0 Å². The summed E-state index contributed by atoms with van der Waals surface area (Å²) in [6, 6.07) is 14.5. The molecule has 3 rings (SSSR count). The molecule has 2 N–H and O–H groups in total. The average Bonchev–Trinajstić information content (AvgIpc) is 3.18. The number of anilines is 1. The predicted octanol–water partition coefficient (Wildman–Crippen LogP) is 3.35. The number of amides is 1. The monoisotopic (exact) mass is 337 g/mol. The molecule has 0 saturated carbocycles. The quantitative estimate of drug-likeness (QED) is 0.648. The largest absolute Gasteiger partial charge is 0.491 e. The van der Waals surface area contributed by atoms with Crippen molar-refractivity contribution in [2.75, 3.05) is 25.6 Å². The van der Waals surface area contributed by atoms with Gasteiger partial charge in [0.25, 0.3) is 5.91 Å². The van der Waals surface area contributed by atoms with Gasteiger partial charge in [-0.15, -0.1) is 0 Å². The summed E-state index contributed by atoms with van der Waals surface area (Å²) in [6.45, 7) is 1.00. The summed E-state index contributed by atoms with van der Waals surface area (Å²) < 4.78 is 10.4. The molecule has 1 aromatic heterocycles. The van der Waals surface area contributed by atoms with E-state index in [2.05, 4.69) is 15.3 Å². The molecule has 0 saturated heterocycles. The molecule has 0 radical (unpaired) electrons.